The van der Waals surface area contributed by atoms with E-state index in [1.165, 1.54) is 0 Å². The molecule has 7 heteroatoms. The summed E-state index contributed by atoms with van der Waals surface area (Å²) in [6.45, 7) is 8.23. The first-order chi connectivity index (χ1) is 18.8. The fraction of sp³-hybridized carbons (Fsp3) is 0.188. The van der Waals surface area contributed by atoms with E-state index in [9.17, 15) is 0 Å². The van der Waals surface area contributed by atoms with Gasteiger partial charge in [0.1, 0.15) is 0 Å². The van der Waals surface area contributed by atoms with E-state index in [0.717, 1.165) is 33.3 Å². The van der Waals surface area contributed by atoms with Crippen molar-refractivity contribution >= 4 is 12.6 Å². The van der Waals surface area contributed by atoms with Gasteiger partial charge < -0.3 is 9.31 Å². The molecule has 0 atom stereocenters. The number of rotatable bonds is 5. The van der Waals surface area contributed by atoms with Gasteiger partial charge in [-0.05, 0) is 56.4 Å². The number of aromatic nitrogens is 4. The minimum atomic E-state index is -0.533. The van der Waals surface area contributed by atoms with Crippen molar-refractivity contribution in [2.24, 2.45) is 0 Å². The fourth-order valence-corrected chi connectivity index (χ4v) is 4.53. The molecule has 6 nitrogen and oxygen atoms in total. The SMILES string of the molecule is CC1(C)OB(c2cc(-c3cccnc3)cc(-c3nc(-c4ccccc4)nc(-c4ccccc4)n3)c2)OC1(C)C. The Bertz CT molecular complexity index is 1540. The quantitative estimate of drug-likeness (QED) is 0.260. The molecule has 0 amide bonds. The van der Waals surface area contributed by atoms with Crippen molar-refractivity contribution in [2.75, 3.05) is 0 Å². The summed E-state index contributed by atoms with van der Waals surface area (Å²) >= 11 is 0. The largest absolute Gasteiger partial charge is 0.494 e. The molecule has 0 bridgehead atoms. The standard InChI is InChI=1S/C32H29BN4O2/c1-31(2)32(3,4)39-33(38-31)27-19-25(24-16-11-17-34-21-24)18-26(20-27)30-36-28(22-12-7-5-8-13-22)35-29(37-30)23-14-9-6-10-15-23/h5-21H,1-4H3. The van der Waals surface area contributed by atoms with Gasteiger partial charge in [-0.15, -0.1) is 0 Å². The predicted molar refractivity (Wildman–Crippen MR) is 155 cm³/mol. The molecule has 0 aliphatic carbocycles. The van der Waals surface area contributed by atoms with Crippen molar-refractivity contribution in [1.29, 1.82) is 0 Å². The molecular weight excluding hydrogens is 483 g/mol. The zero-order chi connectivity index (χ0) is 27.0. The van der Waals surface area contributed by atoms with Crippen molar-refractivity contribution in [1.82, 2.24) is 19.9 Å². The summed E-state index contributed by atoms with van der Waals surface area (Å²) in [7, 11) is -0.533. The van der Waals surface area contributed by atoms with Crippen LogP contribution in [0.2, 0.25) is 0 Å². The van der Waals surface area contributed by atoms with E-state index < -0.39 is 18.3 Å². The van der Waals surface area contributed by atoms with Crippen LogP contribution in [0.4, 0.5) is 0 Å². The maximum atomic E-state index is 6.43. The minimum Gasteiger partial charge on any atom is -0.399 e. The fourth-order valence-electron chi connectivity index (χ4n) is 4.53. The Morgan fingerprint density at radius 2 is 1.03 bits per heavy atom. The third-order valence-electron chi connectivity index (χ3n) is 7.43. The molecule has 192 valence electrons. The van der Waals surface area contributed by atoms with Gasteiger partial charge in [-0.3, -0.25) is 4.98 Å². The normalized spacial score (nSPS) is 15.8. The minimum absolute atomic E-state index is 0.462. The lowest BCUT2D eigenvalue weighted by Crippen LogP contribution is -2.41. The van der Waals surface area contributed by atoms with E-state index >= 15 is 0 Å². The molecule has 1 aliphatic heterocycles. The second-order valence-corrected chi connectivity index (χ2v) is 10.7. The van der Waals surface area contributed by atoms with E-state index in [2.05, 4.69) is 50.9 Å². The van der Waals surface area contributed by atoms with Crippen LogP contribution in [-0.2, 0) is 9.31 Å². The van der Waals surface area contributed by atoms with Crippen molar-refractivity contribution < 1.29 is 9.31 Å². The van der Waals surface area contributed by atoms with Gasteiger partial charge in [-0.25, -0.2) is 15.0 Å². The van der Waals surface area contributed by atoms with Gasteiger partial charge in [-0.2, -0.15) is 0 Å². The smallest absolute Gasteiger partial charge is 0.399 e. The highest BCUT2D eigenvalue weighted by molar-refractivity contribution is 6.62. The van der Waals surface area contributed by atoms with Crippen LogP contribution in [-0.4, -0.2) is 38.3 Å². The van der Waals surface area contributed by atoms with Crippen LogP contribution in [0.1, 0.15) is 27.7 Å². The van der Waals surface area contributed by atoms with Gasteiger partial charge in [0.2, 0.25) is 0 Å². The second kappa shape index (κ2) is 9.84. The van der Waals surface area contributed by atoms with Gasteiger partial charge in [-0.1, -0.05) is 78.9 Å². The average molecular weight is 512 g/mol. The van der Waals surface area contributed by atoms with Gasteiger partial charge >= 0.3 is 7.12 Å². The Morgan fingerprint density at radius 3 is 1.54 bits per heavy atom. The maximum Gasteiger partial charge on any atom is 0.494 e. The lowest BCUT2D eigenvalue weighted by Gasteiger charge is -2.32. The van der Waals surface area contributed by atoms with Crippen molar-refractivity contribution in [2.45, 2.75) is 38.9 Å². The first-order valence-corrected chi connectivity index (χ1v) is 13.1. The number of benzene rings is 3. The number of hydrogen-bond donors (Lipinski definition) is 0. The molecule has 6 rings (SSSR count). The summed E-state index contributed by atoms with van der Waals surface area (Å²) in [5.41, 5.74) is 4.63. The molecule has 0 radical (unpaired) electrons. The molecule has 1 aliphatic rings. The zero-order valence-corrected chi connectivity index (χ0v) is 22.5. The number of nitrogens with zero attached hydrogens (tertiary/aromatic N) is 4. The molecule has 3 heterocycles. The average Bonchev–Trinajstić information content (AvgIpc) is 3.20. The first kappa shape index (κ1) is 25.1. The van der Waals surface area contributed by atoms with Crippen LogP contribution in [0.3, 0.4) is 0 Å². The summed E-state index contributed by atoms with van der Waals surface area (Å²) in [6, 6.07) is 30.2. The molecule has 5 aromatic rings. The molecule has 1 fully saturated rings. The van der Waals surface area contributed by atoms with Crippen LogP contribution >= 0.6 is 0 Å². The summed E-state index contributed by atoms with van der Waals surface area (Å²) < 4.78 is 12.9. The molecular formula is C32H29BN4O2. The molecule has 1 saturated heterocycles. The molecule has 0 N–H and O–H groups in total. The first-order valence-electron chi connectivity index (χ1n) is 13.1. The highest BCUT2D eigenvalue weighted by atomic mass is 16.7. The van der Waals surface area contributed by atoms with E-state index in [1.54, 1.807) is 6.20 Å². The van der Waals surface area contributed by atoms with Crippen LogP contribution in [0.15, 0.2) is 103 Å². The van der Waals surface area contributed by atoms with Crippen LogP contribution < -0.4 is 5.46 Å². The van der Waals surface area contributed by atoms with E-state index in [-0.39, 0.29) is 0 Å². The number of hydrogen-bond acceptors (Lipinski definition) is 6. The lowest BCUT2D eigenvalue weighted by atomic mass is 9.77. The molecule has 0 unspecified atom stereocenters. The van der Waals surface area contributed by atoms with E-state index in [0.29, 0.717) is 17.5 Å². The molecule has 39 heavy (non-hydrogen) atoms. The van der Waals surface area contributed by atoms with Gasteiger partial charge in [0.15, 0.2) is 17.5 Å². The summed E-state index contributed by atoms with van der Waals surface area (Å²) in [4.78, 5) is 19.1. The van der Waals surface area contributed by atoms with Crippen molar-refractivity contribution in [3.8, 4) is 45.3 Å². The topological polar surface area (TPSA) is 70.0 Å². The van der Waals surface area contributed by atoms with Gasteiger partial charge in [0.25, 0.3) is 0 Å². The predicted octanol–water partition coefficient (Wildman–Crippen LogP) is 6.23. The van der Waals surface area contributed by atoms with E-state index in [4.69, 9.17) is 24.3 Å². The summed E-state index contributed by atoms with van der Waals surface area (Å²) in [6.07, 6.45) is 3.62. The Balaban J connectivity index is 1.54. The van der Waals surface area contributed by atoms with Crippen molar-refractivity contribution in [3.63, 3.8) is 0 Å². The Morgan fingerprint density at radius 1 is 0.538 bits per heavy atom. The third kappa shape index (κ3) is 4.99. The number of pyridine rings is 1. The van der Waals surface area contributed by atoms with Crippen molar-refractivity contribution in [3.05, 3.63) is 103 Å². The van der Waals surface area contributed by atoms with Gasteiger partial charge in [0.05, 0.1) is 11.2 Å². The van der Waals surface area contributed by atoms with Crippen LogP contribution in [0.5, 0.6) is 0 Å². The molecule has 0 saturated carbocycles. The Kier molecular flexibility index (Phi) is 6.33. The monoisotopic (exact) mass is 512 g/mol. The third-order valence-corrected chi connectivity index (χ3v) is 7.43. The van der Waals surface area contributed by atoms with E-state index in [1.807, 2.05) is 79.0 Å². The maximum absolute atomic E-state index is 6.43. The van der Waals surface area contributed by atoms with Crippen LogP contribution in [0, 0.1) is 0 Å². The zero-order valence-electron chi connectivity index (χ0n) is 22.5. The molecule has 2 aromatic heterocycles. The van der Waals surface area contributed by atoms with Gasteiger partial charge in [0, 0.05) is 29.1 Å². The Labute approximate surface area is 229 Å². The highest BCUT2D eigenvalue weighted by Crippen LogP contribution is 2.37. The Hall–Kier alpha value is -4.20. The lowest BCUT2D eigenvalue weighted by molar-refractivity contribution is 0.00578. The van der Waals surface area contributed by atoms with Crippen LogP contribution in [0.25, 0.3) is 45.3 Å². The summed E-state index contributed by atoms with van der Waals surface area (Å²) in [5.74, 6) is 1.80. The molecule has 0 spiro atoms. The highest BCUT2D eigenvalue weighted by Gasteiger charge is 2.51. The second-order valence-electron chi connectivity index (χ2n) is 10.7. The molecule has 3 aromatic carbocycles. The summed E-state index contributed by atoms with van der Waals surface area (Å²) in [5, 5.41) is 0.